The summed E-state index contributed by atoms with van der Waals surface area (Å²) >= 11 is 0. The van der Waals surface area contributed by atoms with E-state index in [9.17, 15) is 14.4 Å². The molecule has 1 atom stereocenters. The van der Waals surface area contributed by atoms with E-state index in [1.54, 1.807) is 34.6 Å². The van der Waals surface area contributed by atoms with Gasteiger partial charge in [-0.1, -0.05) is 30.3 Å². The van der Waals surface area contributed by atoms with Crippen molar-refractivity contribution in [2.24, 2.45) is 0 Å². The van der Waals surface area contributed by atoms with Crippen molar-refractivity contribution >= 4 is 18.2 Å². The first-order chi connectivity index (χ1) is 13.6. The summed E-state index contributed by atoms with van der Waals surface area (Å²) in [5, 5.41) is 2.61. The summed E-state index contributed by atoms with van der Waals surface area (Å²) in [6, 6.07) is 8.86. The van der Waals surface area contributed by atoms with Crippen molar-refractivity contribution in [3.63, 3.8) is 0 Å². The molecule has 0 spiro atoms. The van der Waals surface area contributed by atoms with Crippen LogP contribution in [0.2, 0.25) is 0 Å². The van der Waals surface area contributed by atoms with Crippen LogP contribution in [-0.4, -0.2) is 54.4 Å². The first-order valence-corrected chi connectivity index (χ1v) is 9.72. The minimum absolute atomic E-state index is 0.0333. The van der Waals surface area contributed by atoms with Gasteiger partial charge >= 0.3 is 18.2 Å². The fraction of sp³-hybridized carbons (Fsp3) is 0.571. The lowest BCUT2D eigenvalue weighted by Gasteiger charge is -2.31. The lowest BCUT2D eigenvalue weighted by molar-refractivity contribution is -0.144. The fourth-order valence-electron chi connectivity index (χ4n) is 2.44. The molecule has 162 valence electrons. The van der Waals surface area contributed by atoms with E-state index in [1.807, 2.05) is 30.3 Å². The zero-order chi connectivity index (χ0) is 21.9. The van der Waals surface area contributed by atoms with E-state index < -0.39 is 29.8 Å². The topological polar surface area (TPSA) is 94.2 Å². The largest absolute Gasteiger partial charge is 0.466 e. The number of nitrogens with zero attached hydrogens (tertiary/aromatic N) is 1. The second kappa shape index (κ2) is 11.9. The van der Waals surface area contributed by atoms with E-state index in [4.69, 9.17) is 14.2 Å². The molecule has 1 aromatic carbocycles. The predicted octanol–water partition coefficient (Wildman–Crippen LogP) is 3.49. The van der Waals surface area contributed by atoms with E-state index in [0.717, 1.165) is 5.56 Å². The van der Waals surface area contributed by atoms with Crippen LogP contribution in [0.25, 0.3) is 0 Å². The molecule has 8 heteroatoms. The Kier molecular flexibility index (Phi) is 9.99. The summed E-state index contributed by atoms with van der Waals surface area (Å²) in [6.07, 6.45) is -1.12. The number of hydrogen-bond donors (Lipinski definition) is 1. The van der Waals surface area contributed by atoms with Crippen LogP contribution in [0.4, 0.5) is 9.59 Å². The van der Waals surface area contributed by atoms with Crippen LogP contribution in [0, 0.1) is 0 Å². The molecule has 1 aromatic rings. The molecule has 0 aliphatic rings. The number of benzene rings is 1. The molecule has 0 saturated carbocycles. The maximum absolute atomic E-state index is 12.5. The van der Waals surface area contributed by atoms with Crippen molar-refractivity contribution < 1.29 is 28.6 Å². The fourth-order valence-corrected chi connectivity index (χ4v) is 2.44. The van der Waals surface area contributed by atoms with E-state index in [1.165, 1.54) is 4.90 Å². The molecule has 1 N–H and O–H groups in total. The lowest BCUT2D eigenvalue weighted by atomic mass is 10.2. The van der Waals surface area contributed by atoms with Gasteiger partial charge in [0, 0.05) is 19.1 Å². The number of amides is 2. The summed E-state index contributed by atoms with van der Waals surface area (Å²) in [6.45, 7) is 9.48. The number of carbonyl (C=O) groups excluding carboxylic acids is 3. The van der Waals surface area contributed by atoms with Crippen molar-refractivity contribution in [1.29, 1.82) is 0 Å². The molecule has 8 nitrogen and oxygen atoms in total. The van der Waals surface area contributed by atoms with Gasteiger partial charge in [0.15, 0.2) is 0 Å². The zero-order valence-corrected chi connectivity index (χ0v) is 17.9. The average Bonchev–Trinajstić information content (AvgIpc) is 2.62. The summed E-state index contributed by atoms with van der Waals surface area (Å²) in [5.74, 6) is -0.399. The van der Waals surface area contributed by atoms with Crippen LogP contribution in [0.3, 0.4) is 0 Å². The Balaban J connectivity index is 2.57. The van der Waals surface area contributed by atoms with Crippen molar-refractivity contribution in [2.45, 2.75) is 59.3 Å². The highest BCUT2D eigenvalue weighted by Gasteiger charge is 2.27. The lowest BCUT2D eigenvalue weighted by Crippen LogP contribution is -2.46. The molecule has 0 aromatic heterocycles. The van der Waals surface area contributed by atoms with Crippen LogP contribution in [0.15, 0.2) is 30.3 Å². The molecule has 0 saturated heterocycles. The zero-order valence-electron chi connectivity index (χ0n) is 17.9. The number of hydrogen-bond acceptors (Lipinski definition) is 6. The number of carbonyl (C=O) groups is 3. The molecule has 0 radical (unpaired) electrons. The Bertz CT molecular complexity index is 657. The summed E-state index contributed by atoms with van der Waals surface area (Å²) < 4.78 is 15.5. The van der Waals surface area contributed by atoms with Gasteiger partial charge < -0.3 is 24.4 Å². The summed E-state index contributed by atoms with van der Waals surface area (Å²) in [4.78, 5) is 37.6. The van der Waals surface area contributed by atoms with E-state index in [0.29, 0.717) is 0 Å². The Labute approximate surface area is 172 Å². The number of ether oxygens (including phenoxy) is 3. The minimum atomic E-state index is -0.680. The van der Waals surface area contributed by atoms with Gasteiger partial charge in [-0.15, -0.1) is 0 Å². The molecule has 0 bridgehead atoms. The van der Waals surface area contributed by atoms with Gasteiger partial charge in [0.25, 0.3) is 0 Å². The van der Waals surface area contributed by atoms with E-state index in [-0.39, 0.29) is 32.7 Å². The van der Waals surface area contributed by atoms with Crippen LogP contribution >= 0.6 is 0 Å². The third-order valence-electron chi connectivity index (χ3n) is 3.76. The highest BCUT2D eigenvalue weighted by atomic mass is 16.6. The number of esters is 1. The van der Waals surface area contributed by atoms with Crippen LogP contribution in [0.1, 0.15) is 46.6 Å². The van der Waals surface area contributed by atoms with Gasteiger partial charge in [0.2, 0.25) is 0 Å². The maximum atomic E-state index is 12.5. The van der Waals surface area contributed by atoms with Gasteiger partial charge in [-0.2, -0.15) is 0 Å². The van der Waals surface area contributed by atoms with Crippen molar-refractivity contribution in [3.05, 3.63) is 35.9 Å². The van der Waals surface area contributed by atoms with E-state index in [2.05, 4.69) is 5.32 Å². The SMILES string of the molecule is CCOC(=O)CC(C)N(CCNC(=O)OCc1ccccc1)C(=O)OC(C)(C)C. The molecule has 0 fully saturated rings. The molecular formula is C21H32N2O6. The highest BCUT2D eigenvalue weighted by molar-refractivity contribution is 5.73. The third kappa shape index (κ3) is 10.4. The second-order valence-electron chi connectivity index (χ2n) is 7.52. The van der Waals surface area contributed by atoms with E-state index >= 15 is 0 Å². The predicted molar refractivity (Wildman–Crippen MR) is 108 cm³/mol. The van der Waals surface area contributed by atoms with Crippen molar-refractivity contribution in [1.82, 2.24) is 10.2 Å². The second-order valence-corrected chi connectivity index (χ2v) is 7.52. The summed E-state index contributed by atoms with van der Waals surface area (Å²) in [7, 11) is 0. The number of rotatable bonds is 9. The summed E-state index contributed by atoms with van der Waals surface area (Å²) in [5.41, 5.74) is 0.196. The molecule has 29 heavy (non-hydrogen) atoms. The maximum Gasteiger partial charge on any atom is 0.410 e. The molecule has 0 aliphatic carbocycles. The van der Waals surface area contributed by atoms with Crippen LogP contribution in [-0.2, 0) is 25.6 Å². The smallest absolute Gasteiger partial charge is 0.410 e. The molecular weight excluding hydrogens is 376 g/mol. The molecule has 0 aliphatic heterocycles. The highest BCUT2D eigenvalue weighted by Crippen LogP contribution is 2.14. The van der Waals surface area contributed by atoms with Crippen molar-refractivity contribution in [3.8, 4) is 0 Å². The van der Waals surface area contributed by atoms with Gasteiger partial charge in [-0.25, -0.2) is 9.59 Å². The average molecular weight is 408 g/mol. The minimum Gasteiger partial charge on any atom is -0.466 e. The molecule has 1 rings (SSSR count). The number of nitrogens with one attached hydrogen (secondary N) is 1. The monoisotopic (exact) mass is 408 g/mol. The Morgan fingerprint density at radius 2 is 1.76 bits per heavy atom. The van der Waals surface area contributed by atoms with Gasteiger partial charge in [0.1, 0.15) is 12.2 Å². The Morgan fingerprint density at radius 1 is 1.10 bits per heavy atom. The quantitative estimate of drug-likeness (QED) is 0.496. The standard InChI is InChI=1S/C21H32N2O6/c1-6-27-18(24)14-16(2)23(20(26)29-21(3,4)5)13-12-22-19(25)28-15-17-10-8-7-9-11-17/h7-11,16H,6,12-15H2,1-5H3,(H,22,25). The van der Waals surface area contributed by atoms with Crippen LogP contribution in [0.5, 0.6) is 0 Å². The number of alkyl carbamates (subject to hydrolysis) is 1. The first kappa shape index (κ1) is 24.3. The van der Waals surface area contributed by atoms with Gasteiger partial charge in [-0.05, 0) is 40.2 Å². The molecule has 2 amide bonds. The third-order valence-corrected chi connectivity index (χ3v) is 3.76. The molecule has 0 heterocycles. The first-order valence-electron chi connectivity index (χ1n) is 9.72. The van der Waals surface area contributed by atoms with Crippen molar-refractivity contribution in [2.75, 3.05) is 19.7 Å². The van der Waals surface area contributed by atoms with Gasteiger partial charge in [-0.3, -0.25) is 4.79 Å². The van der Waals surface area contributed by atoms with Crippen LogP contribution < -0.4 is 5.32 Å². The molecule has 1 unspecified atom stereocenters. The van der Waals surface area contributed by atoms with Gasteiger partial charge in [0.05, 0.1) is 13.0 Å². The Morgan fingerprint density at radius 3 is 2.34 bits per heavy atom. The Hall–Kier alpha value is -2.77. The normalized spacial score (nSPS) is 11.9.